The van der Waals surface area contributed by atoms with E-state index in [9.17, 15) is 27.2 Å². The van der Waals surface area contributed by atoms with Crippen LogP contribution >= 0.6 is 11.6 Å². The van der Waals surface area contributed by atoms with Crippen molar-refractivity contribution < 1.29 is 27.2 Å². The van der Waals surface area contributed by atoms with Crippen LogP contribution in [0.3, 0.4) is 0 Å². The second-order valence-electron chi connectivity index (χ2n) is 10.8. The van der Waals surface area contributed by atoms with Gasteiger partial charge in [0.1, 0.15) is 18.0 Å². The van der Waals surface area contributed by atoms with E-state index in [0.29, 0.717) is 36.3 Å². The predicted molar refractivity (Wildman–Crippen MR) is 151 cm³/mol. The number of carbonyl (C=O) groups is 2. The summed E-state index contributed by atoms with van der Waals surface area (Å²) < 4.78 is 54.3. The van der Waals surface area contributed by atoms with Crippen molar-refractivity contribution in [3.05, 3.63) is 76.5 Å². The van der Waals surface area contributed by atoms with Crippen molar-refractivity contribution in [2.24, 2.45) is 5.92 Å². The van der Waals surface area contributed by atoms with E-state index in [1.165, 1.54) is 18.5 Å². The second-order valence-corrected chi connectivity index (χ2v) is 11.2. The summed E-state index contributed by atoms with van der Waals surface area (Å²) in [6.45, 7) is 2.85. The summed E-state index contributed by atoms with van der Waals surface area (Å²) in [4.78, 5) is 37.0. The van der Waals surface area contributed by atoms with Crippen molar-refractivity contribution in [1.82, 2.24) is 14.9 Å². The minimum absolute atomic E-state index is 0.0671. The molecule has 0 atom stereocenters. The molecule has 2 aliphatic rings. The van der Waals surface area contributed by atoms with E-state index < -0.39 is 39.8 Å². The van der Waals surface area contributed by atoms with Gasteiger partial charge in [0.05, 0.1) is 27.4 Å². The van der Waals surface area contributed by atoms with Gasteiger partial charge in [-0.1, -0.05) is 11.6 Å². The Morgan fingerprint density at radius 1 is 1.05 bits per heavy atom. The first-order valence-corrected chi connectivity index (χ1v) is 13.9. The van der Waals surface area contributed by atoms with Gasteiger partial charge < -0.3 is 20.9 Å². The highest BCUT2D eigenvalue weighted by molar-refractivity contribution is 6.31. The third kappa shape index (κ3) is 6.65. The maximum absolute atomic E-state index is 14.7. The summed E-state index contributed by atoms with van der Waals surface area (Å²) in [6.07, 6.45) is -0.132. The maximum Gasteiger partial charge on any atom is 0.417 e. The van der Waals surface area contributed by atoms with E-state index >= 15 is 0 Å². The van der Waals surface area contributed by atoms with E-state index in [1.54, 1.807) is 6.07 Å². The number of hydrogen-bond acceptors (Lipinski definition) is 6. The number of nitrogens with zero attached hydrogens (tertiary/aromatic N) is 3. The number of rotatable bonds is 8. The van der Waals surface area contributed by atoms with Crippen molar-refractivity contribution in [3.63, 3.8) is 0 Å². The molecule has 222 valence electrons. The van der Waals surface area contributed by atoms with Gasteiger partial charge in [0.2, 0.25) is 5.91 Å². The lowest BCUT2D eigenvalue weighted by molar-refractivity contribution is -0.137. The fourth-order valence-electron chi connectivity index (χ4n) is 4.98. The molecule has 1 aliphatic heterocycles. The van der Waals surface area contributed by atoms with Crippen molar-refractivity contribution >= 4 is 40.6 Å². The molecule has 0 unspecified atom stereocenters. The highest BCUT2D eigenvalue weighted by atomic mass is 35.5. The van der Waals surface area contributed by atoms with Gasteiger partial charge in [-0.15, -0.1) is 0 Å². The number of nitrogens with one attached hydrogen (secondary N) is 3. The molecule has 1 saturated heterocycles. The second kappa shape index (κ2) is 11.8. The molecule has 2 amide bonds. The van der Waals surface area contributed by atoms with Gasteiger partial charge in [0.15, 0.2) is 0 Å². The molecule has 1 aromatic heterocycles. The van der Waals surface area contributed by atoms with Crippen LogP contribution in [0.25, 0.3) is 0 Å². The molecule has 5 rings (SSSR count). The zero-order chi connectivity index (χ0) is 30.1. The highest BCUT2D eigenvalue weighted by Gasteiger charge is 2.53. The number of likely N-dealkylation sites (tertiary alicyclic amines) is 1. The number of piperidine rings is 1. The summed E-state index contributed by atoms with van der Waals surface area (Å²) in [7, 11) is 2.11. The Hall–Kier alpha value is -3.77. The van der Waals surface area contributed by atoms with E-state index in [4.69, 9.17) is 11.6 Å². The Morgan fingerprint density at radius 3 is 2.48 bits per heavy atom. The van der Waals surface area contributed by atoms with E-state index in [1.807, 2.05) is 0 Å². The van der Waals surface area contributed by atoms with Crippen LogP contribution in [0.2, 0.25) is 5.02 Å². The Labute approximate surface area is 244 Å². The molecule has 0 bridgehead atoms. The fraction of sp³-hybridized carbons (Fsp3) is 0.379. The summed E-state index contributed by atoms with van der Waals surface area (Å²) in [5.41, 5.74) is -2.00. The number of aromatic nitrogens is 2. The molecule has 1 saturated carbocycles. The fourth-order valence-corrected chi connectivity index (χ4v) is 5.21. The Bertz CT molecular complexity index is 1490. The zero-order valence-corrected chi connectivity index (χ0v) is 23.4. The largest absolute Gasteiger partial charge is 0.417 e. The molecule has 1 aliphatic carbocycles. The van der Waals surface area contributed by atoms with Crippen LogP contribution in [0.1, 0.15) is 47.3 Å². The predicted octanol–water partition coefficient (Wildman–Crippen LogP) is 5.96. The Balaban J connectivity index is 1.26. The van der Waals surface area contributed by atoms with Crippen LogP contribution in [0, 0.1) is 11.7 Å². The van der Waals surface area contributed by atoms with E-state index in [2.05, 4.69) is 37.9 Å². The van der Waals surface area contributed by atoms with Crippen molar-refractivity contribution in [1.29, 1.82) is 0 Å². The number of carbonyl (C=O) groups excluding carboxylic acids is 2. The standard InChI is InChI=1S/C29H29ClF4N6O2/c1-40-10-6-17(7-11-40)15-35-25-14-24(36-16-37-25)28(8-9-28)27(42)39-23-12-18(2-5-22(23)31)26(41)38-19-3-4-21(30)20(13-19)29(32,33)34/h2-5,12-14,16-17H,6-11,15H2,1H3,(H,38,41)(H,39,42)(H,35,36,37). The van der Waals surface area contributed by atoms with Gasteiger partial charge in [0, 0.05) is 23.9 Å². The number of alkyl halides is 3. The molecule has 2 heterocycles. The molecular formula is C29H29ClF4N6O2. The molecule has 42 heavy (non-hydrogen) atoms. The number of benzene rings is 2. The SMILES string of the molecule is CN1CCC(CNc2cc(C3(C(=O)Nc4cc(C(=O)Nc5ccc(Cl)c(C(F)(F)F)c5)ccc4F)CC3)ncn2)CC1. The number of amides is 2. The molecule has 13 heteroatoms. The van der Waals surface area contributed by atoms with Gasteiger partial charge in [0.25, 0.3) is 5.91 Å². The van der Waals surface area contributed by atoms with Crippen molar-refractivity contribution in [3.8, 4) is 0 Å². The zero-order valence-electron chi connectivity index (χ0n) is 22.7. The number of anilines is 3. The lowest BCUT2D eigenvalue weighted by Gasteiger charge is -2.29. The van der Waals surface area contributed by atoms with E-state index in [0.717, 1.165) is 50.7 Å². The summed E-state index contributed by atoms with van der Waals surface area (Å²) >= 11 is 5.64. The molecule has 0 radical (unpaired) electrons. The Morgan fingerprint density at radius 2 is 1.79 bits per heavy atom. The normalized spacial score (nSPS) is 17.0. The van der Waals surface area contributed by atoms with Crippen LogP contribution < -0.4 is 16.0 Å². The van der Waals surface area contributed by atoms with Gasteiger partial charge in [-0.05, 0) is 88.1 Å². The van der Waals surface area contributed by atoms with Gasteiger partial charge in [-0.2, -0.15) is 13.2 Å². The monoisotopic (exact) mass is 604 g/mol. The molecule has 0 spiro atoms. The molecule has 3 aromatic rings. The summed E-state index contributed by atoms with van der Waals surface area (Å²) in [5.74, 6) is -0.912. The average Bonchev–Trinajstić information content (AvgIpc) is 3.77. The van der Waals surface area contributed by atoms with Crippen LogP contribution in [-0.2, 0) is 16.4 Å². The lowest BCUT2D eigenvalue weighted by atomic mass is 9.97. The first-order chi connectivity index (χ1) is 19.9. The summed E-state index contributed by atoms with van der Waals surface area (Å²) in [6, 6.07) is 7.99. The van der Waals surface area contributed by atoms with Crippen molar-refractivity contribution in [2.75, 3.05) is 42.6 Å². The minimum atomic E-state index is -4.71. The average molecular weight is 605 g/mol. The molecule has 2 fully saturated rings. The molecule has 3 N–H and O–H groups in total. The molecule has 2 aromatic carbocycles. The van der Waals surface area contributed by atoms with Crippen LogP contribution in [0.5, 0.6) is 0 Å². The van der Waals surface area contributed by atoms with E-state index in [-0.39, 0.29) is 16.9 Å². The van der Waals surface area contributed by atoms with Crippen LogP contribution in [-0.4, -0.2) is 53.4 Å². The van der Waals surface area contributed by atoms with Crippen molar-refractivity contribution in [2.45, 2.75) is 37.3 Å². The third-order valence-electron chi connectivity index (χ3n) is 7.76. The molecule has 8 nitrogen and oxygen atoms in total. The van der Waals surface area contributed by atoms with Crippen LogP contribution in [0.4, 0.5) is 34.8 Å². The van der Waals surface area contributed by atoms with Crippen LogP contribution in [0.15, 0.2) is 48.8 Å². The summed E-state index contributed by atoms with van der Waals surface area (Å²) in [5, 5.41) is 7.76. The van der Waals surface area contributed by atoms with Gasteiger partial charge >= 0.3 is 6.18 Å². The minimum Gasteiger partial charge on any atom is -0.370 e. The third-order valence-corrected chi connectivity index (χ3v) is 8.09. The van der Waals surface area contributed by atoms with Gasteiger partial charge in [-0.25, -0.2) is 14.4 Å². The quantitative estimate of drug-likeness (QED) is 0.274. The topological polar surface area (TPSA) is 99.2 Å². The molecular weight excluding hydrogens is 576 g/mol. The highest BCUT2D eigenvalue weighted by Crippen LogP contribution is 2.48. The first-order valence-electron chi connectivity index (χ1n) is 13.5. The lowest BCUT2D eigenvalue weighted by Crippen LogP contribution is -2.33. The first kappa shape index (κ1) is 29.7. The smallest absolute Gasteiger partial charge is 0.370 e. The van der Waals surface area contributed by atoms with Gasteiger partial charge in [-0.3, -0.25) is 9.59 Å². The number of halogens is 5. The number of hydrogen-bond donors (Lipinski definition) is 3. The maximum atomic E-state index is 14.7. The Kier molecular flexibility index (Phi) is 8.38.